The summed E-state index contributed by atoms with van der Waals surface area (Å²) in [6.07, 6.45) is 1.44. The lowest BCUT2D eigenvalue weighted by Gasteiger charge is -2.12. The van der Waals surface area contributed by atoms with Crippen molar-refractivity contribution in [1.82, 2.24) is 9.55 Å². The Morgan fingerprint density at radius 1 is 1.40 bits per heavy atom. The lowest BCUT2D eigenvalue weighted by molar-refractivity contribution is 0.0596. The molecule has 0 saturated heterocycles. The van der Waals surface area contributed by atoms with E-state index in [1.54, 1.807) is 16.7 Å². The van der Waals surface area contributed by atoms with Crippen LogP contribution in [0.4, 0.5) is 5.82 Å². The predicted octanol–water partition coefficient (Wildman–Crippen LogP) is 2.21. The molecule has 0 saturated carbocycles. The number of hydrogen-bond acceptors (Lipinski definition) is 5. The molecule has 0 radical (unpaired) electrons. The van der Waals surface area contributed by atoms with Crippen LogP contribution in [-0.4, -0.2) is 29.7 Å². The molecule has 0 amide bonds. The molecule has 0 aliphatic heterocycles. The fourth-order valence-electron chi connectivity index (χ4n) is 1.80. The van der Waals surface area contributed by atoms with Crippen LogP contribution in [0.25, 0.3) is 5.69 Å². The van der Waals surface area contributed by atoms with Gasteiger partial charge in [0.25, 0.3) is 0 Å². The molecule has 0 aliphatic rings. The molecule has 1 heterocycles. The second kappa shape index (κ2) is 5.42. The third kappa shape index (κ3) is 2.30. The molecule has 0 spiro atoms. The van der Waals surface area contributed by atoms with Crippen molar-refractivity contribution >= 4 is 23.4 Å². The van der Waals surface area contributed by atoms with E-state index in [2.05, 4.69) is 9.72 Å². The van der Waals surface area contributed by atoms with Crippen LogP contribution in [0.15, 0.2) is 18.5 Å². The summed E-state index contributed by atoms with van der Waals surface area (Å²) >= 11 is 6.06. The van der Waals surface area contributed by atoms with Crippen molar-refractivity contribution in [1.29, 1.82) is 0 Å². The molecule has 2 N–H and O–H groups in total. The Hall–Kier alpha value is -2.21. The standard InChI is InChI=1S/C13H14ClN3O3/c1-7-4-9(10(19-2)5-8(7)14)17-6-16-11(12(17)15)13(18)20-3/h4-6H,15H2,1-3H3. The van der Waals surface area contributed by atoms with Crippen molar-refractivity contribution in [3.05, 3.63) is 34.7 Å². The number of nitrogens with two attached hydrogens (primary N) is 1. The molecule has 0 bridgehead atoms. The zero-order chi connectivity index (χ0) is 14.9. The lowest BCUT2D eigenvalue weighted by atomic mass is 10.2. The maximum atomic E-state index is 11.5. The first-order valence-corrected chi connectivity index (χ1v) is 6.13. The number of imidazole rings is 1. The van der Waals surface area contributed by atoms with Crippen molar-refractivity contribution in [3.63, 3.8) is 0 Å². The number of rotatable bonds is 3. The van der Waals surface area contributed by atoms with E-state index in [0.29, 0.717) is 16.5 Å². The van der Waals surface area contributed by atoms with Gasteiger partial charge in [-0.15, -0.1) is 0 Å². The smallest absolute Gasteiger partial charge is 0.360 e. The summed E-state index contributed by atoms with van der Waals surface area (Å²) in [5, 5.41) is 0.581. The zero-order valence-corrected chi connectivity index (χ0v) is 12.1. The molecule has 0 aliphatic carbocycles. The number of halogens is 1. The van der Waals surface area contributed by atoms with Crippen LogP contribution >= 0.6 is 11.6 Å². The number of benzene rings is 1. The maximum Gasteiger partial charge on any atom is 0.360 e. The number of anilines is 1. The summed E-state index contributed by atoms with van der Waals surface area (Å²) < 4.78 is 11.5. The Bertz CT molecular complexity index is 667. The van der Waals surface area contributed by atoms with E-state index >= 15 is 0 Å². The number of aromatic nitrogens is 2. The van der Waals surface area contributed by atoms with Gasteiger partial charge in [-0.1, -0.05) is 11.6 Å². The normalized spacial score (nSPS) is 10.4. The summed E-state index contributed by atoms with van der Waals surface area (Å²) in [7, 11) is 2.80. The van der Waals surface area contributed by atoms with Gasteiger partial charge in [-0.2, -0.15) is 0 Å². The zero-order valence-electron chi connectivity index (χ0n) is 11.3. The van der Waals surface area contributed by atoms with Crippen LogP contribution in [-0.2, 0) is 4.74 Å². The molecule has 106 valence electrons. The summed E-state index contributed by atoms with van der Waals surface area (Å²) in [6, 6.07) is 3.49. The van der Waals surface area contributed by atoms with Crippen LogP contribution in [0, 0.1) is 6.92 Å². The van der Waals surface area contributed by atoms with E-state index in [9.17, 15) is 4.79 Å². The molecule has 7 heteroatoms. The fourth-order valence-corrected chi connectivity index (χ4v) is 1.96. The van der Waals surface area contributed by atoms with Gasteiger partial charge in [0.1, 0.15) is 17.9 Å². The highest BCUT2D eigenvalue weighted by Gasteiger charge is 2.19. The fraction of sp³-hybridized carbons (Fsp3) is 0.231. The summed E-state index contributed by atoms with van der Waals surface area (Å²) in [6.45, 7) is 1.86. The highest BCUT2D eigenvalue weighted by atomic mass is 35.5. The minimum atomic E-state index is -0.592. The minimum Gasteiger partial charge on any atom is -0.495 e. The third-order valence-electron chi connectivity index (χ3n) is 2.90. The maximum absolute atomic E-state index is 11.5. The third-order valence-corrected chi connectivity index (χ3v) is 3.31. The van der Waals surface area contributed by atoms with Crippen molar-refractivity contribution in [2.24, 2.45) is 0 Å². The molecule has 2 aromatic rings. The van der Waals surface area contributed by atoms with Crippen molar-refractivity contribution in [2.75, 3.05) is 20.0 Å². The van der Waals surface area contributed by atoms with Gasteiger partial charge in [0.15, 0.2) is 5.69 Å². The number of ether oxygens (including phenoxy) is 2. The van der Waals surface area contributed by atoms with E-state index in [1.807, 2.05) is 6.92 Å². The van der Waals surface area contributed by atoms with E-state index in [1.165, 1.54) is 20.5 Å². The Labute approximate surface area is 121 Å². The van der Waals surface area contributed by atoms with Crippen molar-refractivity contribution < 1.29 is 14.3 Å². The summed E-state index contributed by atoms with van der Waals surface area (Å²) in [5.74, 6) is 0.115. The van der Waals surface area contributed by atoms with Gasteiger partial charge < -0.3 is 15.2 Å². The summed E-state index contributed by atoms with van der Waals surface area (Å²) in [4.78, 5) is 15.5. The first-order chi connectivity index (χ1) is 9.49. The van der Waals surface area contributed by atoms with Gasteiger partial charge in [0.05, 0.1) is 19.9 Å². The number of hydrogen-bond donors (Lipinski definition) is 1. The van der Waals surface area contributed by atoms with Gasteiger partial charge in [0, 0.05) is 11.1 Å². The average molecular weight is 296 g/mol. The molecule has 1 aromatic heterocycles. The molecule has 20 heavy (non-hydrogen) atoms. The first-order valence-electron chi connectivity index (χ1n) is 5.75. The quantitative estimate of drug-likeness (QED) is 0.878. The van der Waals surface area contributed by atoms with Crippen LogP contribution in [0.2, 0.25) is 5.02 Å². The van der Waals surface area contributed by atoms with Crippen LogP contribution in [0.3, 0.4) is 0 Å². The molecule has 0 fully saturated rings. The largest absolute Gasteiger partial charge is 0.495 e. The monoisotopic (exact) mass is 295 g/mol. The number of nitrogens with zero attached hydrogens (tertiary/aromatic N) is 2. The van der Waals surface area contributed by atoms with E-state index in [-0.39, 0.29) is 11.5 Å². The van der Waals surface area contributed by atoms with Crippen molar-refractivity contribution in [3.8, 4) is 11.4 Å². The molecule has 1 aromatic carbocycles. The molecular formula is C13H14ClN3O3. The Morgan fingerprint density at radius 3 is 2.70 bits per heavy atom. The number of aryl methyl sites for hydroxylation is 1. The second-order valence-corrected chi connectivity index (χ2v) is 4.52. The van der Waals surface area contributed by atoms with E-state index in [0.717, 1.165) is 5.56 Å². The average Bonchev–Trinajstić information content (AvgIpc) is 2.82. The molecule has 2 rings (SSSR count). The van der Waals surface area contributed by atoms with Gasteiger partial charge in [-0.05, 0) is 18.6 Å². The molecule has 0 unspecified atom stereocenters. The SMILES string of the molecule is COC(=O)c1ncn(-c2cc(C)c(Cl)cc2OC)c1N. The highest BCUT2D eigenvalue weighted by Crippen LogP contribution is 2.31. The Morgan fingerprint density at radius 2 is 2.10 bits per heavy atom. The Balaban J connectivity index is 2.60. The second-order valence-electron chi connectivity index (χ2n) is 4.11. The van der Waals surface area contributed by atoms with Gasteiger partial charge in [-0.25, -0.2) is 9.78 Å². The number of nitrogen functional groups attached to an aromatic ring is 1. The topological polar surface area (TPSA) is 79.4 Å². The predicted molar refractivity (Wildman–Crippen MR) is 75.6 cm³/mol. The van der Waals surface area contributed by atoms with E-state index in [4.69, 9.17) is 22.1 Å². The number of methoxy groups -OCH3 is 2. The number of carbonyl (C=O) groups is 1. The van der Waals surface area contributed by atoms with Crippen LogP contribution in [0.1, 0.15) is 16.1 Å². The highest BCUT2D eigenvalue weighted by molar-refractivity contribution is 6.31. The van der Waals surface area contributed by atoms with Crippen LogP contribution in [0.5, 0.6) is 5.75 Å². The van der Waals surface area contributed by atoms with Gasteiger partial charge in [0.2, 0.25) is 0 Å². The first kappa shape index (κ1) is 14.2. The Kier molecular flexibility index (Phi) is 3.85. The minimum absolute atomic E-state index is 0.0576. The molecule has 6 nitrogen and oxygen atoms in total. The summed E-state index contributed by atoms with van der Waals surface area (Å²) in [5.41, 5.74) is 7.50. The van der Waals surface area contributed by atoms with Gasteiger partial charge in [-0.3, -0.25) is 4.57 Å². The lowest BCUT2D eigenvalue weighted by Crippen LogP contribution is -2.08. The van der Waals surface area contributed by atoms with Crippen LogP contribution < -0.4 is 10.5 Å². The van der Waals surface area contributed by atoms with Gasteiger partial charge >= 0.3 is 5.97 Å². The number of esters is 1. The van der Waals surface area contributed by atoms with Crippen molar-refractivity contribution in [2.45, 2.75) is 6.92 Å². The molecule has 0 atom stereocenters. The molecular weight excluding hydrogens is 282 g/mol. The number of carbonyl (C=O) groups excluding carboxylic acids is 1. The van der Waals surface area contributed by atoms with E-state index < -0.39 is 5.97 Å².